The van der Waals surface area contributed by atoms with Crippen molar-refractivity contribution < 1.29 is 0 Å². The summed E-state index contributed by atoms with van der Waals surface area (Å²) >= 11 is 7.02. The summed E-state index contributed by atoms with van der Waals surface area (Å²) in [6, 6.07) is 15.5. The fraction of sp³-hybridized carbons (Fsp3) is 0.294. The van der Waals surface area contributed by atoms with Crippen LogP contribution >= 0.6 is 31.9 Å². The molecule has 20 heavy (non-hydrogen) atoms. The summed E-state index contributed by atoms with van der Waals surface area (Å²) in [6.45, 7) is 0.737. The number of aryl methyl sites for hydroxylation is 1. The van der Waals surface area contributed by atoms with Crippen LogP contribution in [0.4, 0.5) is 0 Å². The second kappa shape index (κ2) is 7.96. The van der Waals surface area contributed by atoms with E-state index in [1.54, 1.807) is 0 Å². The smallest absolute Gasteiger partial charge is 0.0283 e. The van der Waals surface area contributed by atoms with Crippen molar-refractivity contribution in [1.29, 1.82) is 0 Å². The maximum Gasteiger partial charge on any atom is 0.0283 e. The average Bonchev–Trinajstić information content (AvgIpc) is 2.52. The van der Waals surface area contributed by atoms with Crippen LogP contribution in [-0.4, -0.2) is 6.54 Å². The number of hydrogen-bond donors (Lipinski definition) is 1. The predicted octanol–water partition coefficient (Wildman–Crippen LogP) is 5.03. The van der Waals surface area contributed by atoms with Crippen molar-refractivity contribution in [3.05, 3.63) is 59.2 Å². The van der Waals surface area contributed by atoms with Crippen molar-refractivity contribution in [3.8, 4) is 11.1 Å². The van der Waals surface area contributed by atoms with Crippen LogP contribution < -0.4 is 5.73 Å². The number of halogens is 2. The second-order valence-electron chi connectivity index (χ2n) is 4.85. The molecule has 0 radical (unpaired) electrons. The normalized spacial score (nSPS) is 10.8. The lowest BCUT2D eigenvalue weighted by molar-refractivity contribution is 0.833. The molecule has 0 aliphatic carbocycles. The van der Waals surface area contributed by atoms with E-state index in [9.17, 15) is 0 Å². The standard InChI is InChI=1S/C17H19Br2N/c18-11-13-3-6-15(7-4-13)17-8-5-14(12-19)10-16(17)2-1-9-20/h3-8,10H,1-2,9,11-12,20H2. The Bertz CT molecular complexity index is 549. The monoisotopic (exact) mass is 395 g/mol. The van der Waals surface area contributed by atoms with Gasteiger partial charge in [-0.25, -0.2) is 0 Å². The van der Waals surface area contributed by atoms with Crippen LogP contribution in [0.25, 0.3) is 11.1 Å². The maximum absolute atomic E-state index is 5.66. The first-order chi connectivity index (χ1) is 9.78. The molecule has 2 rings (SSSR count). The van der Waals surface area contributed by atoms with Gasteiger partial charge in [0.15, 0.2) is 0 Å². The number of alkyl halides is 2. The number of hydrogen-bond acceptors (Lipinski definition) is 1. The number of benzene rings is 2. The molecule has 1 nitrogen and oxygen atoms in total. The highest BCUT2D eigenvalue weighted by Gasteiger charge is 2.06. The third kappa shape index (κ3) is 3.94. The molecule has 0 aliphatic rings. The minimum absolute atomic E-state index is 0.737. The van der Waals surface area contributed by atoms with Crippen LogP contribution in [0.5, 0.6) is 0 Å². The average molecular weight is 397 g/mol. The van der Waals surface area contributed by atoms with Gasteiger partial charge in [0, 0.05) is 10.7 Å². The first-order valence-electron chi connectivity index (χ1n) is 6.81. The minimum Gasteiger partial charge on any atom is -0.330 e. The van der Waals surface area contributed by atoms with Gasteiger partial charge in [0.2, 0.25) is 0 Å². The van der Waals surface area contributed by atoms with E-state index < -0.39 is 0 Å². The minimum atomic E-state index is 0.737. The van der Waals surface area contributed by atoms with Crippen molar-refractivity contribution in [2.45, 2.75) is 23.5 Å². The lowest BCUT2D eigenvalue weighted by Gasteiger charge is -2.12. The summed E-state index contributed by atoms with van der Waals surface area (Å²) in [7, 11) is 0. The van der Waals surface area contributed by atoms with Gasteiger partial charge in [-0.3, -0.25) is 0 Å². The van der Waals surface area contributed by atoms with Gasteiger partial charge in [-0.1, -0.05) is 74.3 Å². The molecule has 0 aliphatic heterocycles. The van der Waals surface area contributed by atoms with Crippen LogP contribution in [0.2, 0.25) is 0 Å². The molecule has 0 unspecified atom stereocenters. The molecule has 0 saturated heterocycles. The van der Waals surface area contributed by atoms with Gasteiger partial charge in [-0.15, -0.1) is 0 Å². The summed E-state index contributed by atoms with van der Waals surface area (Å²) in [5.74, 6) is 0. The summed E-state index contributed by atoms with van der Waals surface area (Å²) in [4.78, 5) is 0. The zero-order chi connectivity index (χ0) is 14.4. The molecule has 2 aromatic carbocycles. The molecule has 2 N–H and O–H groups in total. The molecule has 106 valence electrons. The molecule has 0 aromatic heterocycles. The Morgan fingerprint density at radius 1 is 0.850 bits per heavy atom. The first-order valence-corrected chi connectivity index (χ1v) is 9.06. The summed E-state index contributed by atoms with van der Waals surface area (Å²) in [5, 5.41) is 1.79. The Kier molecular flexibility index (Phi) is 6.27. The van der Waals surface area contributed by atoms with E-state index in [2.05, 4.69) is 74.3 Å². The highest BCUT2D eigenvalue weighted by atomic mass is 79.9. The van der Waals surface area contributed by atoms with Crippen molar-refractivity contribution in [3.63, 3.8) is 0 Å². The van der Waals surface area contributed by atoms with Crippen molar-refractivity contribution in [2.24, 2.45) is 5.73 Å². The molecule has 0 heterocycles. The van der Waals surface area contributed by atoms with E-state index in [1.165, 1.54) is 27.8 Å². The Morgan fingerprint density at radius 3 is 2.10 bits per heavy atom. The van der Waals surface area contributed by atoms with Crippen molar-refractivity contribution >= 4 is 31.9 Å². The lowest BCUT2D eigenvalue weighted by atomic mass is 9.94. The molecule has 3 heteroatoms. The van der Waals surface area contributed by atoms with Gasteiger partial charge >= 0.3 is 0 Å². The molecule has 0 amide bonds. The fourth-order valence-electron chi connectivity index (χ4n) is 2.28. The largest absolute Gasteiger partial charge is 0.330 e. The van der Waals surface area contributed by atoms with Gasteiger partial charge in [0.05, 0.1) is 0 Å². The molecular weight excluding hydrogens is 378 g/mol. The van der Waals surface area contributed by atoms with Crippen molar-refractivity contribution in [1.82, 2.24) is 0 Å². The summed E-state index contributed by atoms with van der Waals surface area (Å²) in [6.07, 6.45) is 2.06. The second-order valence-corrected chi connectivity index (χ2v) is 5.97. The third-order valence-electron chi connectivity index (χ3n) is 3.39. The highest BCUT2D eigenvalue weighted by molar-refractivity contribution is 9.08. The summed E-state index contributed by atoms with van der Waals surface area (Å²) < 4.78 is 0. The molecule has 2 aromatic rings. The fourth-order valence-corrected chi connectivity index (χ4v) is 3.01. The Labute approximate surface area is 137 Å². The first kappa shape index (κ1) is 15.7. The van der Waals surface area contributed by atoms with Gasteiger partial charge in [-0.05, 0) is 47.2 Å². The zero-order valence-electron chi connectivity index (χ0n) is 11.4. The zero-order valence-corrected chi connectivity index (χ0v) is 14.6. The molecule has 0 spiro atoms. The van der Waals surface area contributed by atoms with E-state index in [0.29, 0.717) is 0 Å². The third-order valence-corrected chi connectivity index (χ3v) is 4.69. The Morgan fingerprint density at radius 2 is 1.50 bits per heavy atom. The molecule has 0 atom stereocenters. The molecular formula is C17H19Br2N. The topological polar surface area (TPSA) is 26.0 Å². The highest BCUT2D eigenvalue weighted by Crippen LogP contribution is 2.27. The molecule has 0 saturated carbocycles. The van der Waals surface area contributed by atoms with Crippen LogP contribution in [0, 0.1) is 0 Å². The van der Waals surface area contributed by atoms with E-state index in [1.807, 2.05) is 0 Å². The maximum atomic E-state index is 5.66. The summed E-state index contributed by atoms with van der Waals surface area (Å²) in [5.41, 5.74) is 12.3. The predicted molar refractivity (Wildman–Crippen MR) is 94.5 cm³/mol. The Hall–Kier alpha value is -0.640. The van der Waals surface area contributed by atoms with Crippen LogP contribution in [0.1, 0.15) is 23.1 Å². The van der Waals surface area contributed by atoms with Crippen LogP contribution in [0.15, 0.2) is 42.5 Å². The van der Waals surface area contributed by atoms with Gasteiger partial charge in [0.1, 0.15) is 0 Å². The van der Waals surface area contributed by atoms with E-state index in [4.69, 9.17) is 5.73 Å². The van der Waals surface area contributed by atoms with Gasteiger partial charge in [-0.2, -0.15) is 0 Å². The number of rotatable bonds is 6. The van der Waals surface area contributed by atoms with E-state index in [-0.39, 0.29) is 0 Å². The van der Waals surface area contributed by atoms with Crippen molar-refractivity contribution in [2.75, 3.05) is 6.54 Å². The van der Waals surface area contributed by atoms with Gasteiger partial charge in [0.25, 0.3) is 0 Å². The van der Waals surface area contributed by atoms with Crippen LogP contribution in [0.3, 0.4) is 0 Å². The van der Waals surface area contributed by atoms with E-state index in [0.717, 1.165) is 30.0 Å². The van der Waals surface area contributed by atoms with E-state index >= 15 is 0 Å². The SMILES string of the molecule is NCCCc1cc(CBr)ccc1-c1ccc(CBr)cc1. The number of nitrogens with two attached hydrogens (primary N) is 1. The quantitative estimate of drug-likeness (QED) is 0.680. The Balaban J connectivity index is 2.37. The lowest BCUT2D eigenvalue weighted by Crippen LogP contribution is -2.01. The van der Waals surface area contributed by atoms with Gasteiger partial charge < -0.3 is 5.73 Å². The van der Waals surface area contributed by atoms with Crippen LogP contribution in [-0.2, 0) is 17.1 Å². The molecule has 0 bridgehead atoms. The molecule has 0 fully saturated rings.